The van der Waals surface area contributed by atoms with E-state index in [1.165, 1.54) is 24.3 Å². The molecule has 0 aliphatic carbocycles. The molecule has 1 aromatic carbocycles. The Morgan fingerprint density at radius 1 is 1.22 bits per heavy atom. The number of piperidine rings is 1. The fraction of sp³-hybridized carbons (Fsp3) is 0.389. The van der Waals surface area contributed by atoms with E-state index < -0.39 is 4.92 Å². The van der Waals surface area contributed by atoms with Gasteiger partial charge in [-0.05, 0) is 31.0 Å². The van der Waals surface area contributed by atoms with Crippen LogP contribution in [-0.2, 0) is 0 Å². The molecule has 0 bridgehead atoms. The fourth-order valence-electron chi connectivity index (χ4n) is 2.91. The van der Waals surface area contributed by atoms with Crippen molar-refractivity contribution in [2.45, 2.75) is 18.9 Å². The number of rotatable bonds is 5. The third-order valence-corrected chi connectivity index (χ3v) is 4.36. The van der Waals surface area contributed by atoms with Gasteiger partial charge in [0, 0.05) is 44.4 Å². The molecule has 1 amide bonds. The largest absolute Gasteiger partial charge is 0.471 e. The highest BCUT2D eigenvalue weighted by atomic mass is 16.6. The summed E-state index contributed by atoms with van der Waals surface area (Å²) in [6.07, 6.45) is 1.47. The molecule has 142 valence electrons. The third kappa shape index (κ3) is 4.49. The van der Waals surface area contributed by atoms with Gasteiger partial charge in [-0.15, -0.1) is 10.2 Å². The lowest BCUT2D eigenvalue weighted by atomic mass is 10.1. The first-order chi connectivity index (χ1) is 12.9. The molecule has 0 saturated carbocycles. The molecule has 2 aromatic rings. The lowest BCUT2D eigenvalue weighted by Gasteiger charge is -2.32. The summed E-state index contributed by atoms with van der Waals surface area (Å²) >= 11 is 0. The molecule has 1 aromatic heterocycles. The number of carbonyl (C=O) groups is 1. The van der Waals surface area contributed by atoms with Gasteiger partial charge in [0.25, 0.3) is 11.6 Å². The Morgan fingerprint density at radius 2 is 1.96 bits per heavy atom. The predicted octanol–water partition coefficient (Wildman–Crippen LogP) is 2.13. The normalized spacial score (nSPS) is 16.7. The van der Waals surface area contributed by atoms with E-state index in [9.17, 15) is 14.9 Å². The molecule has 2 heterocycles. The number of hydrogen-bond acceptors (Lipinski definition) is 7. The molecule has 1 fully saturated rings. The van der Waals surface area contributed by atoms with Crippen LogP contribution < -0.4 is 9.64 Å². The third-order valence-electron chi connectivity index (χ3n) is 4.36. The Kier molecular flexibility index (Phi) is 5.49. The van der Waals surface area contributed by atoms with Gasteiger partial charge in [-0.3, -0.25) is 14.9 Å². The van der Waals surface area contributed by atoms with E-state index in [0.717, 1.165) is 18.7 Å². The van der Waals surface area contributed by atoms with Gasteiger partial charge in [0.1, 0.15) is 6.10 Å². The fourth-order valence-corrected chi connectivity index (χ4v) is 2.91. The standard InChI is InChI=1S/C18H21N5O4/c1-21(2)16-9-10-17(20-19-16)27-15-4-3-11-22(12-15)18(24)13-5-7-14(8-6-13)23(25)26/h5-10,15H,3-4,11-12H2,1-2H3. The van der Waals surface area contributed by atoms with Crippen LogP contribution in [0.4, 0.5) is 11.5 Å². The van der Waals surface area contributed by atoms with Crippen LogP contribution in [0.5, 0.6) is 5.88 Å². The molecular weight excluding hydrogens is 350 g/mol. The van der Waals surface area contributed by atoms with Crippen LogP contribution in [0, 0.1) is 10.1 Å². The molecule has 1 atom stereocenters. The summed E-state index contributed by atoms with van der Waals surface area (Å²) in [7, 11) is 3.76. The summed E-state index contributed by atoms with van der Waals surface area (Å²) in [5.74, 6) is 1.00. The summed E-state index contributed by atoms with van der Waals surface area (Å²) in [5.41, 5.74) is 0.391. The monoisotopic (exact) mass is 371 g/mol. The maximum atomic E-state index is 12.7. The molecular formula is C18H21N5O4. The molecule has 3 rings (SSSR count). The Hall–Kier alpha value is -3.23. The Labute approximate surface area is 156 Å². The first-order valence-corrected chi connectivity index (χ1v) is 8.65. The smallest absolute Gasteiger partial charge is 0.269 e. The summed E-state index contributed by atoms with van der Waals surface area (Å²) in [5, 5.41) is 18.9. The number of aromatic nitrogens is 2. The second-order valence-corrected chi connectivity index (χ2v) is 6.56. The Morgan fingerprint density at radius 3 is 2.56 bits per heavy atom. The van der Waals surface area contributed by atoms with E-state index in [2.05, 4.69) is 10.2 Å². The minimum atomic E-state index is -0.484. The number of anilines is 1. The van der Waals surface area contributed by atoms with Crippen molar-refractivity contribution in [3.8, 4) is 5.88 Å². The van der Waals surface area contributed by atoms with Crippen molar-refractivity contribution in [2.24, 2.45) is 0 Å². The van der Waals surface area contributed by atoms with Gasteiger partial charge < -0.3 is 14.5 Å². The Bertz CT molecular complexity index is 808. The van der Waals surface area contributed by atoms with Crippen molar-refractivity contribution in [2.75, 3.05) is 32.1 Å². The SMILES string of the molecule is CN(C)c1ccc(OC2CCCN(C(=O)c3ccc([N+](=O)[O-])cc3)C2)nn1. The second kappa shape index (κ2) is 7.98. The maximum absolute atomic E-state index is 12.7. The molecule has 1 unspecified atom stereocenters. The van der Waals surface area contributed by atoms with Crippen molar-refractivity contribution in [3.63, 3.8) is 0 Å². The molecule has 0 spiro atoms. The van der Waals surface area contributed by atoms with Crippen LogP contribution in [0.1, 0.15) is 23.2 Å². The van der Waals surface area contributed by atoms with Crippen LogP contribution in [0.15, 0.2) is 36.4 Å². The molecule has 0 radical (unpaired) electrons. The summed E-state index contributed by atoms with van der Waals surface area (Å²) in [4.78, 5) is 26.5. The zero-order valence-corrected chi connectivity index (χ0v) is 15.2. The van der Waals surface area contributed by atoms with Gasteiger partial charge in [0.2, 0.25) is 5.88 Å². The highest BCUT2D eigenvalue weighted by molar-refractivity contribution is 5.94. The lowest BCUT2D eigenvalue weighted by molar-refractivity contribution is -0.384. The topological polar surface area (TPSA) is 102 Å². The molecule has 1 aliphatic rings. The zero-order valence-electron chi connectivity index (χ0n) is 15.2. The van der Waals surface area contributed by atoms with Crippen LogP contribution in [-0.4, -0.2) is 59.2 Å². The number of amides is 1. The second-order valence-electron chi connectivity index (χ2n) is 6.56. The molecule has 1 saturated heterocycles. The first kappa shape index (κ1) is 18.6. The zero-order chi connectivity index (χ0) is 19.4. The van der Waals surface area contributed by atoms with E-state index in [1.807, 2.05) is 25.1 Å². The van der Waals surface area contributed by atoms with Gasteiger partial charge in [-0.1, -0.05) is 0 Å². The van der Waals surface area contributed by atoms with Crippen molar-refractivity contribution < 1.29 is 14.5 Å². The average molecular weight is 371 g/mol. The number of nitrogens with zero attached hydrogens (tertiary/aromatic N) is 5. The highest BCUT2D eigenvalue weighted by Crippen LogP contribution is 2.20. The van der Waals surface area contributed by atoms with E-state index in [0.29, 0.717) is 24.5 Å². The maximum Gasteiger partial charge on any atom is 0.269 e. The average Bonchev–Trinajstić information content (AvgIpc) is 2.68. The number of ether oxygens (including phenoxy) is 1. The van der Waals surface area contributed by atoms with Crippen LogP contribution >= 0.6 is 0 Å². The van der Waals surface area contributed by atoms with E-state index >= 15 is 0 Å². The van der Waals surface area contributed by atoms with Crippen molar-refractivity contribution in [1.29, 1.82) is 0 Å². The van der Waals surface area contributed by atoms with Gasteiger partial charge in [0.05, 0.1) is 11.5 Å². The number of nitro groups is 1. The van der Waals surface area contributed by atoms with Crippen LogP contribution in [0.3, 0.4) is 0 Å². The molecule has 0 N–H and O–H groups in total. The van der Waals surface area contributed by atoms with Gasteiger partial charge in [-0.2, -0.15) is 0 Å². The number of likely N-dealkylation sites (tertiary alicyclic amines) is 1. The molecule has 9 heteroatoms. The van der Waals surface area contributed by atoms with Gasteiger partial charge >= 0.3 is 0 Å². The van der Waals surface area contributed by atoms with Crippen LogP contribution in [0.2, 0.25) is 0 Å². The van der Waals surface area contributed by atoms with E-state index in [4.69, 9.17) is 4.74 Å². The number of non-ortho nitro benzene ring substituents is 1. The van der Waals surface area contributed by atoms with Crippen molar-refractivity contribution in [3.05, 3.63) is 52.1 Å². The number of hydrogen-bond donors (Lipinski definition) is 0. The summed E-state index contributed by atoms with van der Waals surface area (Å²) in [6, 6.07) is 9.23. The number of carbonyl (C=O) groups excluding carboxylic acids is 1. The summed E-state index contributed by atoms with van der Waals surface area (Å²) < 4.78 is 5.88. The number of nitro benzene ring substituents is 1. The van der Waals surface area contributed by atoms with E-state index in [1.54, 1.807) is 11.0 Å². The Balaban J connectivity index is 1.63. The predicted molar refractivity (Wildman–Crippen MR) is 99.0 cm³/mol. The van der Waals surface area contributed by atoms with Crippen LogP contribution in [0.25, 0.3) is 0 Å². The first-order valence-electron chi connectivity index (χ1n) is 8.65. The van der Waals surface area contributed by atoms with Gasteiger partial charge in [0.15, 0.2) is 5.82 Å². The summed E-state index contributed by atoms with van der Waals surface area (Å²) in [6.45, 7) is 1.06. The van der Waals surface area contributed by atoms with Crippen molar-refractivity contribution >= 4 is 17.4 Å². The van der Waals surface area contributed by atoms with Gasteiger partial charge in [-0.25, -0.2) is 0 Å². The lowest BCUT2D eigenvalue weighted by Crippen LogP contribution is -2.44. The van der Waals surface area contributed by atoms with E-state index in [-0.39, 0.29) is 17.7 Å². The van der Waals surface area contributed by atoms with Crippen molar-refractivity contribution in [1.82, 2.24) is 15.1 Å². The molecule has 9 nitrogen and oxygen atoms in total. The minimum absolute atomic E-state index is 0.0360. The number of benzene rings is 1. The minimum Gasteiger partial charge on any atom is -0.471 e. The molecule has 27 heavy (non-hydrogen) atoms. The molecule has 1 aliphatic heterocycles. The highest BCUT2D eigenvalue weighted by Gasteiger charge is 2.26. The quantitative estimate of drug-likeness (QED) is 0.586.